The SMILES string of the molecule is CC(=CCC(C)(C)OCC(=O)N(C)C)COC(C)(C)C. The number of nitrogens with zero attached hydrogens (tertiary/aromatic N) is 1. The number of hydrogen-bond donors (Lipinski definition) is 0. The van der Waals surface area contributed by atoms with Gasteiger partial charge in [0.05, 0.1) is 17.8 Å². The van der Waals surface area contributed by atoms with Crippen molar-refractivity contribution in [1.29, 1.82) is 0 Å². The van der Waals surface area contributed by atoms with E-state index in [1.807, 2.05) is 41.5 Å². The molecule has 0 aromatic carbocycles. The Bertz CT molecular complexity index is 338. The second kappa shape index (κ2) is 7.79. The minimum absolute atomic E-state index is 0.0187. The lowest BCUT2D eigenvalue weighted by Gasteiger charge is -2.25. The van der Waals surface area contributed by atoms with E-state index in [0.717, 1.165) is 6.42 Å². The molecule has 0 rings (SSSR count). The van der Waals surface area contributed by atoms with Crippen LogP contribution in [0.2, 0.25) is 0 Å². The summed E-state index contributed by atoms with van der Waals surface area (Å²) in [7, 11) is 3.46. The average molecular weight is 285 g/mol. The molecule has 0 fully saturated rings. The summed E-state index contributed by atoms with van der Waals surface area (Å²) in [5.41, 5.74) is 0.698. The molecule has 0 atom stereocenters. The predicted molar refractivity (Wildman–Crippen MR) is 82.8 cm³/mol. The van der Waals surface area contributed by atoms with Crippen molar-refractivity contribution in [3.8, 4) is 0 Å². The number of ether oxygens (including phenoxy) is 2. The maximum absolute atomic E-state index is 11.5. The van der Waals surface area contributed by atoms with E-state index < -0.39 is 0 Å². The van der Waals surface area contributed by atoms with Crippen molar-refractivity contribution in [2.45, 2.75) is 59.2 Å². The van der Waals surface area contributed by atoms with Gasteiger partial charge < -0.3 is 14.4 Å². The molecule has 0 heterocycles. The molecule has 0 saturated heterocycles. The molecule has 0 aromatic heterocycles. The van der Waals surface area contributed by atoms with Gasteiger partial charge in [0.25, 0.3) is 0 Å². The van der Waals surface area contributed by atoms with Crippen LogP contribution in [-0.4, -0.2) is 49.3 Å². The van der Waals surface area contributed by atoms with Gasteiger partial charge in [-0.3, -0.25) is 4.79 Å². The molecule has 0 spiro atoms. The molecule has 0 unspecified atom stereocenters. The molecular formula is C16H31NO3. The molecule has 118 valence electrons. The summed E-state index contributed by atoms with van der Waals surface area (Å²) in [5, 5.41) is 0. The van der Waals surface area contributed by atoms with Gasteiger partial charge in [-0.25, -0.2) is 0 Å². The van der Waals surface area contributed by atoms with Crippen molar-refractivity contribution in [3.05, 3.63) is 11.6 Å². The Morgan fingerprint density at radius 2 is 1.60 bits per heavy atom. The molecule has 0 saturated carbocycles. The second-order valence-corrected chi connectivity index (χ2v) is 6.99. The van der Waals surface area contributed by atoms with Gasteiger partial charge in [0, 0.05) is 14.1 Å². The van der Waals surface area contributed by atoms with E-state index >= 15 is 0 Å². The van der Waals surface area contributed by atoms with Crippen LogP contribution in [0.25, 0.3) is 0 Å². The largest absolute Gasteiger partial charge is 0.372 e. The van der Waals surface area contributed by atoms with Gasteiger partial charge in [-0.05, 0) is 48.0 Å². The third kappa shape index (κ3) is 9.98. The number of carbonyl (C=O) groups excluding carboxylic acids is 1. The average Bonchev–Trinajstić information content (AvgIpc) is 2.30. The highest BCUT2D eigenvalue weighted by molar-refractivity contribution is 5.76. The maximum atomic E-state index is 11.5. The zero-order valence-electron chi connectivity index (χ0n) is 14.4. The second-order valence-electron chi connectivity index (χ2n) is 6.99. The van der Waals surface area contributed by atoms with E-state index in [4.69, 9.17) is 9.47 Å². The van der Waals surface area contributed by atoms with E-state index in [2.05, 4.69) is 6.08 Å². The lowest BCUT2D eigenvalue weighted by Crippen LogP contribution is -2.32. The summed E-state index contributed by atoms with van der Waals surface area (Å²) in [6, 6.07) is 0. The van der Waals surface area contributed by atoms with E-state index in [1.54, 1.807) is 14.1 Å². The lowest BCUT2D eigenvalue weighted by atomic mass is 10.0. The third-order valence-electron chi connectivity index (χ3n) is 2.76. The van der Waals surface area contributed by atoms with Gasteiger partial charge in [0.2, 0.25) is 5.91 Å². The fraction of sp³-hybridized carbons (Fsp3) is 0.812. The third-order valence-corrected chi connectivity index (χ3v) is 2.76. The quantitative estimate of drug-likeness (QED) is 0.675. The fourth-order valence-electron chi connectivity index (χ4n) is 1.25. The number of carbonyl (C=O) groups is 1. The molecule has 0 aliphatic heterocycles. The van der Waals surface area contributed by atoms with Crippen molar-refractivity contribution < 1.29 is 14.3 Å². The highest BCUT2D eigenvalue weighted by atomic mass is 16.5. The molecule has 0 radical (unpaired) electrons. The van der Waals surface area contributed by atoms with Gasteiger partial charge in [-0.2, -0.15) is 0 Å². The van der Waals surface area contributed by atoms with Crippen LogP contribution in [0.15, 0.2) is 11.6 Å². The molecule has 1 amide bonds. The fourth-order valence-corrected chi connectivity index (χ4v) is 1.25. The minimum Gasteiger partial charge on any atom is -0.372 e. The predicted octanol–water partition coefficient (Wildman–Crippen LogP) is 3.02. The lowest BCUT2D eigenvalue weighted by molar-refractivity contribution is -0.139. The van der Waals surface area contributed by atoms with Crippen LogP contribution in [0.1, 0.15) is 48.0 Å². The molecule has 20 heavy (non-hydrogen) atoms. The molecule has 0 aliphatic carbocycles. The summed E-state index contributed by atoms with van der Waals surface area (Å²) in [5.74, 6) is -0.0187. The van der Waals surface area contributed by atoms with Crippen LogP contribution in [0, 0.1) is 0 Å². The molecule has 4 heteroatoms. The number of rotatable bonds is 7. The summed E-state index contributed by atoms with van der Waals surface area (Å²) < 4.78 is 11.4. The molecule has 0 aromatic rings. The standard InChI is InChI=1S/C16H31NO3/c1-13(11-19-15(2,3)4)9-10-16(5,6)20-12-14(18)17(7)8/h9H,10-12H2,1-8H3. The van der Waals surface area contributed by atoms with Gasteiger partial charge in [-0.15, -0.1) is 0 Å². The van der Waals surface area contributed by atoms with E-state index in [9.17, 15) is 4.79 Å². The Kier molecular flexibility index (Phi) is 7.45. The topological polar surface area (TPSA) is 38.8 Å². The monoisotopic (exact) mass is 285 g/mol. The van der Waals surface area contributed by atoms with Crippen molar-refractivity contribution in [2.75, 3.05) is 27.3 Å². The van der Waals surface area contributed by atoms with Crippen molar-refractivity contribution in [3.63, 3.8) is 0 Å². The Morgan fingerprint density at radius 3 is 2.05 bits per heavy atom. The van der Waals surface area contributed by atoms with Crippen LogP contribution >= 0.6 is 0 Å². The van der Waals surface area contributed by atoms with Crippen LogP contribution in [-0.2, 0) is 14.3 Å². The van der Waals surface area contributed by atoms with Crippen molar-refractivity contribution in [2.24, 2.45) is 0 Å². The number of amides is 1. The van der Waals surface area contributed by atoms with Crippen LogP contribution in [0.3, 0.4) is 0 Å². The van der Waals surface area contributed by atoms with Gasteiger partial charge in [0.15, 0.2) is 0 Å². The Morgan fingerprint density at radius 1 is 1.05 bits per heavy atom. The van der Waals surface area contributed by atoms with Crippen LogP contribution in [0.4, 0.5) is 0 Å². The first-order valence-corrected chi connectivity index (χ1v) is 7.07. The zero-order valence-corrected chi connectivity index (χ0v) is 14.4. The first-order valence-electron chi connectivity index (χ1n) is 7.07. The summed E-state index contributed by atoms with van der Waals surface area (Å²) in [4.78, 5) is 13.0. The van der Waals surface area contributed by atoms with Gasteiger partial charge in [0.1, 0.15) is 6.61 Å². The molecular weight excluding hydrogens is 254 g/mol. The van der Waals surface area contributed by atoms with Gasteiger partial charge >= 0.3 is 0 Å². The number of hydrogen-bond acceptors (Lipinski definition) is 3. The highest BCUT2D eigenvalue weighted by Gasteiger charge is 2.19. The normalized spacial score (nSPS) is 13.5. The first kappa shape index (κ1) is 19.1. The molecule has 0 N–H and O–H groups in total. The summed E-state index contributed by atoms with van der Waals surface area (Å²) in [6.07, 6.45) is 2.87. The highest BCUT2D eigenvalue weighted by Crippen LogP contribution is 2.17. The van der Waals surface area contributed by atoms with Crippen molar-refractivity contribution in [1.82, 2.24) is 4.90 Å². The first-order chi connectivity index (χ1) is 8.93. The van der Waals surface area contributed by atoms with Crippen LogP contribution in [0.5, 0.6) is 0 Å². The molecule has 0 aliphatic rings. The van der Waals surface area contributed by atoms with E-state index in [0.29, 0.717) is 6.61 Å². The zero-order chi connectivity index (χ0) is 16.0. The van der Waals surface area contributed by atoms with E-state index in [-0.39, 0.29) is 23.7 Å². The molecule has 0 bridgehead atoms. The Balaban J connectivity index is 4.22. The van der Waals surface area contributed by atoms with Gasteiger partial charge in [-0.1, -0.05) is 11.6 Å². The van der Waals surface area contributed by atoms with Crippen LogP contribution < -0.4 is 0 Å². The minimum atomic E-state index is -0.353. The summed E-state index contributed by atoms with van der Waals surface area (Å²) >= 11 is 0. The van der Waals surface area contributed by atoms with Crippen molar-refractivity contribution >= 4 is 5.91 Å². The Labute approximate surface area is 124 Å². The Hall–Kier alpha value is -0.870. The maximum Gasteiger partial charge on any atom is 0.248 e. The smallest absolute Gasteiger partial charge is 0.248 e. The molecule has 4 nitrogen and oxygen atoms in total. The number of likely N-dealkylation sites (N-methyl/N-ethyl adjacent to an activating group) is 1. The van der Waals surface area contributed by atoms with E-state index in [1.165, 1.54) is 10.5 Å². The summed E-state index contributed by atoms with van der Waals surface area (Å²) in [6.45, 7) is 12.9.